The van der Waals surface area contributed by atoms with Crippen molar-refractivity contribution < 1.29 is 14.1 Å². The average Bonchev–Trinajstić information content (AvgIpc) is 3.09. The van der Waals surface area contributed by atoms with Gasteiger partial charge in [0.1, 0.15) is 0 Å². The molecule has 0 aliphatic carbocycles. The Labute approximate surface area is 153 Å². The Hall–Kier alpha value is -2.20. The zero-order valence-electron chi connectivity index (χ0n) is 15.5. The summed E-state index contributed by atoms with van der Waals surface area (Å²) in [6, 6.07) is 0. The first-order valence-electron chi connectivity index (χ1n) is 8.98. The van der Waals surface area contributed by atoms with Gasteiger partial charge in [-0.3, -0.25) is 14.7 Å². The molecule has 0 unspecified atom stereocenters. The maximum absolute atomic E-state index is 12.4. The summed E-state index contributed by atoms with van der Waals surface area (Å²) in [4.78, 5) is 27.1. The highest BCUT2D eigenvalue weighted by molar-refractivity contribution is 5.80. The van der Waals surface area contributed by atoms with Gasteiger partial charge in [0.15, 0.2) is 11.8 Å². The molecular formula is C16H27N7O3. The van der Waals surface area contributed by atoms with Gasteiger partial charge in [-0.25, -0.2) is 0 Å². The van der Waals surface area contributed by atoms with Gasteiger partial charge >= 0.3 is 0 Å². The number of amides is 1. The van der Waals surface area contributed by atoms with E-state index in [0.717, 1.165) is 32.1 Å². The van der Waals surface area contributed by atoms with Gasteiger partial charge in [-0.2, -0.15) is 4.98 Å². The zero-order valence-corrected chi connectivity index (χ0v) is 15.5. The lowest BCUT2D eigenvalue weighted by Gasteiger charge is -2.37. The number of aryl methyl sites for hydroxylation is 1. The fourth-order valence-corrected chi connectivity index (χ4v) is 3.13. The second-order valence-electron chi connectivity index (χ2n) is 6.39. The lowest BCUT2D eigenvalue weighted by Crippen LogP contribution is -2.54. The van der Waals surface area contributed by atoms with E-state index in [2.05, 4.69) is 30.2 Å². The number of piperazine rings is 1. The van der Waals surface area contributed by atoms with Crippen molar-refractivity contribution in [2.45, 2.75) is 13.5 Å². The molecule has 1 aromatic heterocycles. The third kappa shape index (κ3) is 4.92. The smallest absolute Gasteiger partial charge is 0.236 e. The van der Waals surface area contributed by atoms with E-state index in [0.29, 0.717) is 51.1 Å². The van der Waals surface area contributed by atoms with Gasteiger partial charge in [-0.15, -0.1) is 0 Å². The van der Waals surface area contributed by atoms with Crippen molar-refractivity contribution in [3.63, 3.8) is 0 Å². The number of morpholine rings is 1. The van der Waals surface area contributed by atoms with Crippen molar-refractivity contribution in [2.24, 2.45) is 4.99 Å². The highest BCUT2D eigenvalue weighted by Gasteiger charge is 2.24. The Bertz CT molecular complexity index is 619. The number of aromatic nitrogens is 2. The Kier molecular flexibility index (Phi) is 6.40. The number of aliphatic imine (C=N–C) groups is 1. The first-order chi connectivity index (χ1) is 12.7. The number of nitrogens with one attached hydrogen (secondary N) is 1. The summed E-state index contributed by atoms with van der Waals surface area (Å²) in [5, 5.41) is 7.13. The number of rotatable bonds is 4. The lowest BCUT2D eigenvalue weighted by molar-refractivity contribution is -0.136. The number of hydrogen-bond acceptors (Lipinski definition) is 7. The maximum atomic E-state index is 12.4. The van der Waals surface area contributed by atoms with Gasteiger partial charge in [0.25, 0.3) is 0 Å². The van der Waals surface area contributed by atoms with Crippen LogP contribution in [0.1, 0.15) is 11.7 Å². The van der Waals surface area contributed by atoms with Crippen molar-refractivity contribution in [2.75, 3.05) is 66.1 Å². The zero-order chi connectivity index (χ0) is 18.4. The van der Waals surface area contributed by atoms with E-state index in [4.69, 9.17) is 9.26 Å². The van der Waals surface area contributed by atoms with Gasteiger partial charge in [-0.05, 0) is 0 Å². The molecule has 10 nitrogen and oxygen atoms in total. The summed E-state index contributed by atoms with van der Waals surface area (Å²) in [6.07, 6.45) is 0. The standard InChI is InChI=1S/C16H27N7O3/c1-13-19-14(20-26-13)11-18-16(17-2)23-5-3-21(4-6-23)12-15(24)22-7-9-25-10-8-22/h3-12H2,1-2H3,(H,17,18). The molecule has 0 saturated carbocycles. The molecule has 2 fully saturated rings. The molecule has 1 N–H and O–H groups in total. The number of carbonyl (C=O) groups excluding carboxylic acids is 1. The summed E-state index contributed by atoms with van der Waals surface area (Å²) >= 11 is 0. The quantitative estimate of drug-likeness (QED) is 0.532. The van der Waals surface area contributed by atoms with Crippen molar-refractivity contribution in [1.29, 1.82) is 0 Å². The van der Waals surface area contributed by atoms with Gasteiger partial charge in [-0.1, -0.05) is 5.16 Å². The van der Waals surface area contributed by atoms with Crippen LogP contribution < -0.4 is 5.32 Å². The number of guanidine groups is 1. The summed E-state index contributed by atoms with van der Waals surface area (Å²) in [7, 11) is 1.76. The molecule has 0 radical (unpaired) electrons. The van der Waals surface area contributed by atoms with E-state index in [9.17, 15) is 4.79 Å². The van der Waals surface area contributed by atoms with E-state index >= 15 is 0 Å². The van der Waals surface area contributed by atoms with Crippen LogP contribution in [0.3, 0.4) is 0 Å². The summed E-state index contributed by atoms with van der Waals surface area (Å²) in [6.45, 7) is 8.70. The number of carbonyl (C=O) groups is 1. The van der Waals surface area contributed by atoms with Crippen molar-refractivity contribution in [1.82, 2.24) is 30.2 Å². The molecule has 0 atom stereocenters. The maximum Gasteiger partial charge on any atom is 0.236 e. The van der Waals surface area contributed by atoms with E-state index in [1.54, 1.807) is 14.0 Å². The first kappa shape index (κ1) is 18.6. The Morgan fingerprint density at radius 3 is 2.50 bits per heavy atom. The van der Waals surface area contributed by atoms with Crippen LogP contribution in [0, 0.1) is 6.92 Å². The van der Waals surface area contributed by atoms with Crippen LogP contribution in [-0.4, -0.2) is 103 Å². The number of ether oxygens (including phenoxy) is 1. The van der Waals surface area contributed by atoms with Gasteiger partial charge in [0.2, 0.25) is 11.8 Å². The minimum Gasteiger partial charge on any atom is -0.378 e. The molecule has 2 aliphatic rings. The van der Waals surface area contributed by atoms with Gasteiger partial charge < -0.3 is 24.4 Å². The molecule has 144 valence electrons. The van der Waals surface area contributed by atoms with Crippen molar-refractivity contribution in [3.05, 3.63) is 11.7 Å². The third-order valence-electron chi connectivity index (χ3n) is 4.58. The topological polar surface area (TPSA) is 99.3 Å². The Morgan fingerprint density at radius 2 is 1.88 bits per heavy atom. The lowest BCUT2D eigenvalue weighted by atomic mass is 10.3. The second-order valence-corrected chi connectivity index (χ2v) is 6.39. The van der Waals surface area contributed by atoms with E-state index in [1.807, 2.05) is 4.90 Å². The van der Waals surface area contributed by atoms with Gasteiger partial charge in [0, 0.05) is 53.2 Å². The molecule has 10 heteroatoms. The van der Waals surface area contributed by atoms with E-state index in [1.165, 1.54) is 0 Å². The molecule has 26 heavy (non-hydrogen) atoms. The van der Waals surface area contributed by atoms with Crippen LogP contribution in [0.15, 0.2) is 9.52 Å². The summed E-state index contributed by atoms with van der Waals surface area (Å²) in [5.74, 6) is 2.16. The molecule has 3 rings (SSSR count). The Morgan fingerprint density at radius 1 is 1.15 bits per heavy atom. The Balaban J connectivity index is 1.42. The molecule has 0 bridgehead atoms. The average molecular weight is 365 g/mol. The summed E-state index contributed by atoms with van der Waals surface area (Å²) < 4.78 is 10.3. The second kappa shape index (κ2) is 8.95. The highest BCUT2D eigenvalue weighted by atomic mass is 16.5. The minimum atomic E-state index is 0.191. The predicted molar refractivity (Wildman–Crippen MR) is 94.6 cm³/mol. The fourth-order valence-electron chi connectivity index (χ4n) is 3.13. The molecule has 3 heterocycles. The van der Waals surface area contributed by atoms with Crippen LogP contribution in [-0.2, 0) is 16.1 Å². The SMILES string of the molecule is CN=C(NCc1noc(C)n1)N1CCN(CC(=O)N2CCOCC2)CC1. The van der Waals surface area contributed by atoms with E-state index < -0.39 is 0 Å². The summed E-state index contributed by atoms with van der Waals surface area (Å²) in [5.41, 5.74) is 0. The van der Waals surface area contributed by atoms with Crippen molar-refractivity contribution >= 4 is 11.9 Å². The van der Waals surface area contributed by atoms with E-state index in [-0.39, 0.29) is 5.91 Å². The van der Waals surface area contributed by atoms with Crippen LogP contribution in [0.4, 0.5) is 0 Å². The predicted octanol–water partition coefficient (Wildman–Crippen LogP) is -1.07. The van der Waals surface area contributed by atoms with Crippen LogP contribution >= 0.6 is 0 Å². The van der Waals surface area contributed by atoms with Gasteiger partial charge in [0.05, 0.1) is 26.3 Å². The van der Waals surface area contributed by atoms with Crippen LogP contribution in [0.5, 0.6) is 0 Å². The monoisotopic (exact) mass is 365 g/mol. The van der Waals surface area contributed by atoms with Crippen LogP contribution in [0.2, 0.25) is 0 Å². The molecule has 1 aromatic rings. The number of hydrogen-bond donors (Lipinski definition) is 1. The molecule has 0 aromatic carbocycles. The third-order valence-corrected chi connectivity index (χ3v) is 4.58. The molecule has 1 amide bonds. The highest BCUT2D eigenvalue weighted by Crippen LogP contribution is 2.05. The molecule has 2 saturated heterocycles. The van der Waals surface area contributed by atoms with Crippen LogP contribution in [0.25, 0.3) is 0 Å². The fraction of sp³-hybridized carbons (Fsp3) is 0.750. The number of nitrogens with zero attached hydrogens (tertiary/aromatic N) is 6. The first-order valence-corrected chi connectivity index (χ1v) is 8.98. The molecule has 2 aliphatic heterocycles. The molecular weight excluding hydrogens is 338 g/mol. The largest absolute Gasteiger partial charge is 0.378 e. The normalized spacial score (nSPS) is 19.7. The molecule has 0 spiro atoms. The minimum absolute atomic E-state index is 0.191. The van der Waals surface area contributed by atoms with Crippen molar-refractivity contribution in [3.8, 4) is 0 Å².